The molecule has 1 heteroatoms. The highest BCUT2D eigenvalue weighted by molar-refractivity contribution is 5.08. The van der Waals surface area contributed by atoms with Crippen LogP contribution in [0, 0.1) is 23.2 Å². The van der Waals surface area contributed by atoms with Crippen LogP contribution in [-0.2, 0) is 0 Å². The van der Waals surface area contributed by atoms with Crippen molar-refractivity contribution in [2.45, 2.75) is 52.5 Å². The Labute approximate surface area is 82.1 Å². The third-order valence-corrected chi connectivity index (χ3v) is 2.44. The van der Waals surface area contributed by atoms with Crippen molar-refractivity contribution in [2.24, 2.45) is 17.1 Å². The lowest BCUT2D eigenvalue weighted by atomic mass is 9.96. The molecule has 0 heterocycles. The molecule has 0 aromatic carbocycles. The molecule has 1 fully saturated rings. The van der Waals surface area contributed by atoms with Gasteiger partial charge in [0.25, 0.3) is 0 Å². The van der Waals surface area contributed by atoms with Gasteiger partial charge < -0.3 is 5.73 Å². The Morgan fingerprint density at radius 3 is 2.46 bits per heavy atom. The van der Waals surface area contributed by atoms with Crippen molar-refractivity contribution in [1.82, 2.24) is 0 Å². The van der Waals surface area contributed by atoms with Gasteiger partial charge in [0.05, 0.1) is 0 Å². The molecule has 1 nitrogen and oxygen atoms in total. The van der Waals surface area contributed by atoms with Crippen LogP contribution in [0.1, 0.15) is 46.5 Å². The van der Waals surface area contributed by atoms with E-state index in [0.717, 1.165) is 12.3 Å². The number of hydrogen-bond acceptors (Lipinski definition) is 1. The van der Waals surface area contributed by atoms with Gasteiger partial charge >= 0.3 is 0 Å². The maximum absolute atomic E-state index is 5.83. The Morgan fingerprint density at radius 1 is 1.31 bits per heavy atom. The summed E-state index contributed by atoms with van der Waals surface area (Å²) in [6.45, 7) is 6.46. The molecule has 0 saturated heterocycles. The van der Waals surface area contributed by atoms with E-state index in [9.17, 15) is 0 Å². The van der Waals surface area contributed by atoms with Gasteiger partial charge in [-0.05, 0) is 46.0 Å². The highest BCUT2D eigenvalue weighted by Crippen LogP contribution is 2.26. The fraction of sp³-hybridized carbons (Fsp3) is 0.833. The van der Waals surface area contributed by atoms with Gasteiger partial charge in [0.2, 0.25) is 0 Å². The third kappa shape index (κ3) is 4.33. The summed E-state index contributed by atoms with van der Waals surface area (Å²) < 4.78 is 0. The van der Waals surface area contributed by atoms with Gasteiger partial charge in [-0.3, -0.25) is 0 Å². The molecule has 13 heavy (non-hydrogen) atoms. The first-order chi connectivity index (χ1) is 5.97. The average Bonchev–Trinajstić information content (AvgIpc) is 2.33. The standard InChI is InChI=1S/C12H21N/c1-12(2,3)8-4-5-10-6-7-11(13)9-10/h10-11H,5-7,9,13H2,1-3H3. The minimum atomic E-state index is 0.153. The van der Waals surface area contributed by atoms with Crippen molar-refractivity contribution >= 4 is 0 Å². The molecule has 0 spiro atoms. The second kappa shape index (κ2) is 4.15. The van der Waals surface area contributed by atoms with Gasteiger partial charge in [-0.25, -0.2) is 0 Å². The quantitative estimate of drug-likeness (QED) is 0.615. The molecule has 2 N–H and O–H groups in total. The summed E-state index contributed by atoms with van der Waals surface area (Å²) in [5, 5.41) is 0. The zero-order valence-corrected chi connectivity index (χ0v) is 9.06. The summed E-state index contributed by atoms with van der Waals surface area (Å²) in [6, 6.07) is 0.446. The van der Waals surface area contributed by atoms with Crippen LogP contribution in [0.5, 0.6) is 0 Å². The predicted octanol–water partition coefficient (Wildman–Crippen LogP) is 2.55. The average molecular weight is 179 g/mol. The lowest BCUT2D eigenvalue weighted by Crippen LogP contribution is -2.14. The van der Waals surface area contributed by atoms with Crippen molar-refractivity contribution < 1.29 is 0 Å². The Balaban J connectivity index is 2.29. The van der Waals surface area contributed by atoms with Crippen molar-refractivity contribution in [1.29, 1.82) is 0 Å². The van der Waals surface area contributed by atoms with Gasteiger partial charge in [-0.2, -0.15) is 0 Å². The van der Waals surface area contributed by atoms with Gasteiger partial charge in [0.1, 0.15) is 0 Å². The van der Waals surface area contributed by atoms with E-state index in [0.29, 0.717) is 6.04 Å². The first-order valence-corrected chi connectivity index (χ1v) is 5.23. The van der Waals surface area contributed by atoms with Gasteiger partial charge in [-0.1, -0.05) is 5.92 Å². The Hall–Kier alpha value is -0.480. The van der Waals surface area contributed by atoms with E-state index in [4.69, 9.17) is 5.73 Å². The maximum Gasteiger partial charge on any atom is 0.0230 e. The maximum atomic E-state index is 5.83. The van der Waals surface area contributed by atoms with Crippen molar-refractivity contribution in [3.8, 4) is 11.8 Å². The molecule has 1 aliphatic carbocycles. The monoisotopic (exact) mass is 179 g/mol. The van der Waals surface area contributed by atoms with E-state index >= 15 is 0 Å². The van der Waals surface area contributed by atoms with E-state index in [-0.39, 0.29) is 5.41 Å². The number of rotatable bonds is 1. The summed E-state index contributed by atoms with van der Waals surface area (Å²) in [4.78, 5) is 0. The molecule has 0 aliphatic heterocycles. The van der Waals surface area contributed by atoms with E-state index in [1.54, 1.807) is 0 Å². The lowest BCUT2D eigenvalue weighted by Gasteiger charge is -2.08. The second-order valence-electron chi connectivity index (χ2n) is 5.20. The smallest absolute Gasteiger partial charge is 0.0230 e. The van der Waals surface area contributed by atoms with Crippen LogP contribution < -0.4 is 5.73 Å². The van der Waals surface area contributed by atoms with Crippen LogP contribution >= 0.6 is 0 Å². The second-order valence-corrected chi connectivity index (χ2v) is 5.20. The lowest BCUT2D eigenvalue weighted by molar-refractivity contribution is 0.545. The highest BCUT2D eigenvalue weighted by atomic mass is 14.6. The number of hydrogen-bond donors (Lipinski definition) is 1. The molecule has 0 amide bonds. The largest absolute Gasteiger partial charge is 0.328 e. The Bertz CT molecular complexity index is 214. The molecule has 1 rings (SSSR count). The molecule has 2 unspecified atom stereocenters. The molecule has 1 saturated carbocycles. The van der Waals surface area contributed by atoms with E-state index < -0.39 is 0 Å². The van der Waals surface area contributed by atoms with E-state index in [1.807, 2.05) is 0 Å². The summed E-state index contributed by atoms with van der Waals surface area (Å²) in [5.74, 6) is 7.32. The molecule has 0 radical (unpaired) electrons. The number of nitrogens with two attached hydrogens (primary N) is 1. The SMILES string of the molecule is CC(C)(C)C#CCC1CCC(N)C1. The minimum Gasteiger partial charge on any atom is -0.328 e. The Morgan fingerprint density at radius 2 is 2.00 bits per heavy atom. The highest BCUT2D eigenvalue weighted by Gasteiger charge is 2.20. The molecule has 0 bridgehead atoms. The topological polar surface area (TPSA) is 26.0 Å². The molecule has 0 aromatic rings. The van der Waals surface area contributed by atoms with E-state index in [1.165, 1.54) is 19.3 Å². The zero-order chi connectivity index (χ0) is 9.90. The van der Waals surface area contributed by atoms with Crippen molar-refractivity contribution in [3.05, 3.63) is 0 Å². The van der Waals surface area contributed by atoms with Gasteiger partial charge in [0.15, 0.2) is 0 Å². The van der Waals surface area contributed by atoms with Crippen LogP contribution in [0.4, 0.5) is 0 Å². The summed E-state index contributed by atoms with van der Waals surface area (Å²) in [5.41, 5.74) is 5.99. The zero-order valence-electron chi connectivity index (χ0n) is 9.06. The van der Waals surface area contributed by atoms with E-state index in [2.05, 4.69) is 32.6 Å². The molecular formula is C12H21N. The summed E-state index contributed by atoms with van der Waals surface area (Å²) in [6.07, 6.45) is 4.70. The molecule has 2 atom stereocenters. The molecule has 0 aromatic heterocycles. The molecule has 1 aliphatic rings. The molecular weight excluding hydrogens is 158 g/mol. The van der Waals surface area contributed by atoms with Crippen molar-refractivity contribution in [2.75, 3.05) is 0 Å². The fourth-order valence-corrected chi connectivity index (χ4v) is 1.76. The predicted molar refractivity (Wildman–Crippen MR) is 57.2 cm³/mol. The van der Waals surface area contributed by atoms with Crippen molar-refractivity contribution in [3.63, 3.8) is 0 Å². The van der Waals surface area contributed by atoms with Crippen LogP contribution in [0.25, 0.3) is 0 Å². The minimum absolute atomic E-state index is 0.153. The summed E-state index contributed by atoms with van der Waals surface area (Å²) in [7, 11) is 0. The third-order valence-electron chi connectivity index (χ3n) is 2.44. The van der Waals surface area contributed by atoms with Crippen LogP contribution in [0.3, 0.4) is 0 Å². The first kappa shape index (κ1) is 10.6. The Kier molecular flexibility index (Phi) is 3.39. The molecule has 74 valence electrons. The normalized spacial score (nSPS) is 28.3. The van der Waals surface area contributed by atoms with Gasteiger partial charge in [-0.15, -0.1) is 5.92 Å². The first-order valence-electron chi connectivity index (χ1n) is 5.23. The summed E-state index contributed by atoms with van der Waals surface area (Å²) >= 11 is 0. The van der Waals surface area contributed by atoms with Gasteiger partial charge in [0, 0.05) is 17.9 Å². The van der Waals surface area contributed by atoms with Crippen LogP contribution in [0.15, 0.2) is 0 Å². The van der Waals surface area contributed by atoms with Crippen LogP contribution in [0.2, 0.25) is 0 Å². The van der Waals surface area contributed by atoms with Crippen LogP contribution in [-0.4, -0.2) is 6.04 Å². The fourth-order valence-electron chi connectivity index (χ4n) is 1.76.